The molecule has 0 aromatic rings. The number of imide groups is 1. The zero-order valence-corrected chi connectivity index (χ0v) is 9.56. The van der Waals surface area contributed by atoms with Gasteiger partial charge in [-0.15, -0.1) is 0 Å². The van der Waals surface area contributed by atoms with Gasteiger partial charge in [0.05, 0.1) is 5.92 Å². The summed E-state index contributed by atoms with van der Waals surface area (Å²) in [7, 11) is 0. The Morgan fingerprint density at radius 2 is 2.29 bits per heavy atom. The lowest BCUT2D eigenvalue weighted by molar-refractivity contribution is -0.125. The summed E-state index contributed by atoms with van der Waals surface area (Å²) in [4.78, 5) is 24.2. The molecular weight excluding hydrogens is 200 g/mol. The van der Waals surface area contributed by atoms with Gasteiger partial charge in [-0.25, -0.2) is 4.79 Å². The minimum atomic E-state index is -0.256. The van der Waals surface area contributed by atoms with Gasteiger partial charge in [0.2, 0.25) is 5.91 Å². The number of carbonyl (C=O) groups excluding carboxylic acids is 2. The molecule has 1 aliphatic heterocycles. The highest BCUT2D eigenvalue weighted by molar-refractivity contribution is 7.99. The molecule has 80 valence electrons. The summed E-state index contributed by atoms with van der Waals surface area (Å²) in [6.07, 6.45) is 2.01. The summed E-state index contributed by atoms with van der Waals surface area (Å²) in [6, 6.07) is -0.256. The van der Waals surface area contributed by atoms with Gasteiger partial charge in [0, 0.05) is 18.3 Å². The van der Waals surface area contributed by atoms with Crippen molar-refractivity contribution in [1.82, 2.24) is 10.2 Å². The van der Waals surface area contributed by atoms with Crippen molar-refractivity contribution in [1.29, 1.82) is 0 Å². The first kappa shape index (κ1) is 11.4. The molecule has 0 saturated carbocycles. The van der Waals surface area contributed by atoms with E-state index in [1.165, 1.54) is 0 Å². The Morgan fingerprint density at radius 3 is 2.86 bits per heavy atom. The van der Waals surface area contributed by atoms with Crippen LogP contribution in [0, 0.1) is 5.92 Å². The van der Waals surface area contributed by atoms with Crippen LogP contribution in [0.5, 0.6) is 0 Å². The molecule has 0 aromatic heterocycles. The van der Waals surface area contributed by atoms with E-state index < -0.39 is 0 Å². The van der Waals surface area contributed by atoms with E-state index >= 15 is 0 Å². The van der Waals surface area contributed by atoms with Gasteiger partial charge in [-0.1, -0.05) is 13.8 Å². The van der Waals surface area contributed by atoms with Crippen LogP contribution in [-0.4, -0.2) is 41.4 Å². The van der Waals surface area contributed by atoms with Gasteiger partial charge < -0.3 is 4.90 Å². The highest BCUT2D eigenvalue weighted by atomic mass is 32.2. The second-order valence-corrected chi connectivity index (χ2v) is 4.92. The average Bonchev–Trinajstić information content (AvgIpc) is 2.14. The number of thioether (sulfide) groups is 1. The Labute approximate surface area is 88.4 Å². The second kappa shape index (κ2) is 4.68. The molecular formula is C9H16N2O2S. The molecule has 14 heavy (non-hydrogen) atoms. The molecule has 0 radical (unpaired) electrons. The first-order valence-corrected chi connectivity index (χ1v) is 5.96. The second-order valence-electron chi connectivity index (χ2n) is 3.65. The number of nitrogens with one attached hydrogen (secondary N) is 1. The standard InChI is InChI=1S/C9H16N2O2S/c1-6-4-11(5-7(2)14-3)9(13)10-8(6)12/h6-7H,4-5H2,1-3H3,(H,10,12,13). The van der Waals surface area contributed by atoms with E-state index in [0.717, 1.165) is 0 Å². The van der Waals surface area contributed by atoms with Crippen molar-refractivity contribution in [3.8, 4) is 0 Å². The van der Waals surface area contributed by atoms with E-state index in [2.05, 4.69) is 12.2 Å². The molecule has 0 aromatic carbocycles. The van der Waals surface area contributed by atoms with Crippen LogP contribution >= 0.6 is 11.8 Å². The SMILES string of the molecule is CSC(C)CN1CC(C)C(=O)NC1=O. The van der Waals surface area contributed by atoms with Gasteiger partial charge in [-0.3, -0.25) is 10.1 Å². The molecule has 1 N–H and O–H groups in total. The number of urea groups is 1. The van der Waals surface area contributed by atoms with Crippen molar-refractivity contribution in [3.63, 3.8) is 0 Å². The van der Waals surface area contributed by atoms with Gasteiger partial charge in [0.1, 0.15) is 0 Å². The van der Waals surface area contributed by atoms with Crippen molar-refractivity contribution < 1.29 is 9.59 Å². The zero-order valence-electron chi connectivity index (χ0n) is 8.74. The summed E-state index contributed by atoms with van der Waals surface area (Å²) < 4.78 is 0. The molecule has 4 nitrogen and oxygen atoms in total. The molecule has 1 rings (SSSR count). The lowest BCUT2D eigenvalue weighted by atomic mass is 10.1. The third kappa shape index (κ3) is 2.64. The van der Waals surface area contributed by atoms with Crippen LogP contribution in [0.25, 0.3) is 0 Å². The number of nitrogens with zero attached hydrogens (tertiary/aromatic N) is 1. The first-order chi connectivity index (χ1) is 6.54. The highest BCUT2D eigenvalue weighted by Gasteiger charge is 2.29. The Balaban J connectivity index is 2.53. The van der Waals surface area contributed by atoms with Crippen molar-refractivity contribution in [3.05, 3.63) is 0 Å². The number of hydrogen-bond donors (Lipinski definition) is 1. The minimum Gasteiger partial charge on any atom is -0.323 e. The molecule has 1 saturated heterocycles. The van der Waals surface area contributed by atoms with Crippen LogP contribution in [0.4, 0.5) is 4.79 Å². The van der Waals surface area contributed by atoms with Crippen LogP contribution in [0.3, 0.4) is 0 Å². The number of amides is 3. The van der Waals surface area contributed by atoms with E-state index in [0.29, 0.717) is 18.3 Å². The van der Waals surface area contributed by atoms with Crippen LogP contribution in [0.2, 0.25) is 0 Å². The number of hydrogen-bond acceptors (Lipinski definition) is 3. The summed E-state index contributed by atoms with van der Waals surface area (Å²) in [6.45, 7) is 5.14. The topological polar surface area (TPSA) is 49.4 Å². The third-order valence-corrected chi connectivity index (χ3v) is 3.29. The lowest BCUT2D eigenvalue weighted by Gasteiger charge is -2.31. The van der Waals surface area contributed by atoms with E-state index in [-0.39, 0.29) is 17.9 Å². The predicted octanol–water partition coefficient (Wildman–Crippen LogP) is 0.926. The molecule has 5 heteroatoms. The molecule has 3 amide bonds. The van der Waals surface area contributed by atoms with Crippen molar-refractivity contribution >= 4 is 23.7 Å². The molecule has 0 bridgehead atoms. The quantitative estimate of drug-likeness (QED) is 0.763. The smallest absolute Gasteiger partial charge is 0.323 e. The summed E-state index contributed by atoms with van der Waals surface area (Å²) in [5, 5.41) is 2.75. The van der Waals surface area contributed by atoms with E-state index in [1.807, 2.05) is 13.2 Å². The Hall–Kier alpha value is -0.710. The van der Waals surface area contributed by atoms with Gasteiger partial charge in [0.15, 0.2) is 0 Å². The maximum absolute atomic E-state index is 11.4. The summed E-state index contributed by atoms with van der Waals surface area (Å²) in [5.74, 6) is -0.259. The van der Waals surface area contributed by atoms with Crippen molar-refractivity contribution in [2.24, 2.45) is 5.92 Å². The molecule has 1 aliphatic rings. The number of carbonyl (C=O) groups is 2. The maximum atomic E-state index is 11.4. The Kier molecular flexibility index (Phi) is 3.80. The molecule has 1 heterocycles. The maximum Gasteiger partial charge on any atom is 0.324 e. The van der Waals surface area contributed by atoms with E-state index in [4.69, 9.17) is 0 Å². The van der Waals surface area contributed by atoms with Gasteiger partial charge in [0.25, 0.3) is 0 Å². The van der Waals surface area contributed by atoms with E-state index in [1.54, 1.807) is 16.7 Å². The van der Waals surface area contributed by atoms with E-state index in [9.17, 15) is 9.59 Å². The van der Waals surface area contributed by atoms with Crippen molar-refractivity contribution in [2.45, 2.75) is 19.1 Å². The predicted molar refractivity (Wildman–Crippen MR) is 57.3 cm³/mol. The van der Waals surface area contributed by atoms with Gasteiger partial charge in [-0.05, 0) is 6.26 Å². The monoisotopic (exact) mass is 216 g/mol. The third-order valence-electron chi connectivity index (χ3n) is 2.34. The molecule has 2 unspecified atom stereocenters. The largest absolute Gasteiger partial charge is 0.324 e. The summed E-state index contributed by atoms with van der Waals surface area (Å²) in [5.41, 5.74) is 0. The number of rotatable bonds is 3. The van der Waals surface area contributed by atoms with Crippen molar-refractivity contribution in [2.75, 3.05) is 19.3 Å². The lowest BCUT2D eigenvalue weighted by Crippen LogP contribution is -2.54. The normalized spacial score (nSPS) is 24.8. The molecule has 0 aliphatic carbocycles. The van der Waals surface area contributed by atoms with Crippen LogP contribution < -0.4 is 5.32 Å². The Bertz CT molecular complexity index is 245. The Morgan fingerprint density at radius 1 is 1.64 bits per heavy atom. The summed E-state index contributed by atoms with van der Waals surface area (Å²) >= 11 is 1.72. The fraction of sp³-hybridized carbons (Fsp3) is 0.778. The zero-order chi connectivity index (χ0) is 10.7. The van der Waals surface area contributed by atoms with Gasteiger partial charge >= 0.3 is 6.03 Å². The molecule has 2 atom stereocenters. The minimum absolute atomic E-state index is 0.0956. The molecule has 0 spiro atoms. The highest BCUT2D eigenvalue weighted by Crippen LogP contribution is 2.12. The van der Waals surface area contributed by atoms with Gasteiger partial charge in [-0.2, -0.15) is 11.8 Å². The first-order valence-electron chi connectivity index (χ1n) is 4.67. The fourth-order valence-electron chi connectivity index (χ4n) is 1.35. The van der Waals surface area contributed by atoms with Crippen LogP contribution in [-0.2, 0) is 4.79 Å². The van der Waals surface area contributed by atoms with Crippen LogP contribution in [0.1, 0.15) is 13.8 Å². The average molecular weight is 216 g/mol. The molecule has 1 fully saturated rings. The van der Waals surface area contributed by atoms with Crippen LogP contribution in [0.15, 0.2) is 0 Å². The fourth-order valence-corrected chi connectivity index (χ4v) is 1.68.